The topological polar surface area (TPSA) is 53.5 Å². The number of likely N-dealkylation sites (N-methyl/N-ethyl adjacent to an activating group) is 1. The van der Waals surface area contributed by atoms with Crippen molar-refractivity contribution in [2.24, 2.45) is 5.41 Å². The SMILES string of the molecule is CCCN(CCC)C(=O)C1(C(=O)N(C)CCc2ccncc2)CC1. The molecule has 0 radical (unpaired) electrons. The molecular formula is C19H29N3O2. The molecule has 0 N–H and O–H groups in total. The van der Waals surface area contributed by atoms with Crippen molar-refractivity contribution in [1.82, 2.24) is 14.8 Å². The maximum absolute atomic E-state index is 12.9. The summed E-state index contributed by atoms with van der Waals surface area (Å²) in [4.78, 5) is 33.4. The first-order valence-electron chi connectivity index (χ1n) is 8.99. The van der Waals surface area contributed by atoms with Gasteiger partial charge in [0.1, 0.15) is 5.41 Å². The van der Waals surface area contributed by atoms with Gasteiger partial charge in [0.25, 0.3) is 0 Å². The van der Waals surface area contributed by atoms with Crippen molar-refractivity contribution in [3.63, 3.8) is 0 Å². The second-order valence-electron chi connectivity index (χ2n) is 6.71. The molecule has 2 amide bonds. The van der Waals surface area contributed by atoms with Crippen molar-refractivity contribution in [2.45, 2.75) is 46.0 Å². The molecule has 1 aromatic rings. The lowest BCUT2D eigenvalue weighted by atomic mass is 10.0. The smallest absolute Gasteiger partial charge is 0.238 e. The fourth-order valence-corrected chi connectivity index (χ4v) is 3.11. The predicted octanol–water partition coefficient (Wildman–Crippen LogP) is 2.51. The van der Waals surface area contributed by atoms with E-state index in [2.05, 4.69) is 18.8 Å². The fourth-order valence-electron chi connectivity index (χ4n) is 3.11. The number of hydrogen-bond acceptors (Lipinski definition) is 3. The van der Waals surface area contributed by atoms with E-state index >= 15 is 0 Å². The summed E-state index contributed by atoms with van der Waals surface area (Å²) in [6.07, 6.45) is 7.53. The average Bonchev–Trinajstić information content (AvgIpc) is 3.41. The lowest BCUT2D eigenvalue weighted by Gasteiger charge is -2.29. The zero-order valence-electron chi connectivity index (χ0n) is 15.1. The zero-order valence-corrected chi connectivity index (χ0v) is 15.1. The normalized spacial score (nSPS) is 15.0. The monoisotopic (exact) mass is 331 g/mol. The summed E-state index contributed by atoms with van der Waals surface area (Å²) in [5.74, 6) is 0.0192. The summed E-state index contributed by atoms with van der Waals surface area (Å²) < 4.78 is 0. The van der Waals surface area contributed by atoms with Crippen molar-refractivity contribution in [2.75, 3.05) is 26.7 Å². The molecule has 1 heterocycles. The number of carbonyl (C=O) groups is 2. The number of rotatable bonds is 9. The molecule has 1 aliphatic rings. The van der Waals surface area contributed by atoms with E-state index in [4.69, 9.17) is 0 Å². The van der Waals surface area contributed by atoms with Crippen LogP contribution in [0.4, 0.5) is 0 Å². The summed E-state index contributed by atoms with van der Waals surface area (Å²) in [5, 5.41) is 0. The summed E-state index contributed by atoms with van der Waals surface area (Å²) in [6, 6.07) is 3.92. The molecule has 0 aliphatic heterocycles. The Morgan fingerprint density at radius 3 is 2.12 bits per heavy atom. The van der Waals surface area contributed by atoms with Crippen LogP contribution >= 0.6 is 0 Å². The molecule has 5 nitrogen and oxygen atoms in total. The highest BCUT2D eigenvalue weighted by Gasteiger charge is 2.58. The van der Waals surface area contributed by atoms with Crippen LogP contribution in [0.3, 0.4) is 0 Å². The van der Waals surface area contributed by atoms with Gasteiger partial charge in [-0.25, -0.2) is 0 Å². The number of amides is 2. The van der Waals surface area contributed by atoms with Gasteiger partial charge in [0.2, 0.25) is 11.8 Å². The van der Waals surface area contributed by atoms with Gasteiger partial charge >= 0.3 is 0 Å². The van der Waals surface area contributed by atoms with Crippen molar-refractivity contribution in [1.29, 1.82) is 0 Å². The van der Waals surface area contributed by atoms with Gasteiger partial charge < -0.3 is 9.80 Å². The molecule has 0 unspecified atom stereocenters. The Morgan fingerprint density at radius 2 is 1.62 bits per heavy atom. The highest BCUT2D eigenvalue weighted by atomic mass is 16.2. The van der Waals surface area contributed by atoms with Gasteiger partial charge in [-0.1, -0.05) is 13.8 Å². The molecule has 132 valence electrons. The second-order valence-corrected chi connectivity index (χ2v) is 6.71. The van der Waals surface area contributed by atoms with Crippen LogP contribution in [0.2, 0.25) is 0 Å². The highest BCUT2D eigenvalue weighted by molar-refractivity contribution is 6.07. The number of hydrogen-bond donors (Lipinski definition) is 0. The maximum atomic E-state index is 12.9. The third kappa shape index (κ3) is 4.13. The minimum absolute atomic E-state index is 0.0150. The quantitative estimate of drug-likeness (QED) is 0.653. The van der Waals surface area contributed by atoms with Crippen LogP contribution < -0.4 is 0 Å². The van der Waals surface area contributed by atoms with Gasteiger partial charge in [-0.3, -0.25) is 14.6 Å². The Balaban J connectivity index is 1.97. The fraction of sp³-hybridized carbons (Fsp3) is 0.632. The molecule has 0 saturated heterocycles. The van der Waals surface area contributed by atoms with Crippen LogP contribution in [-0.2, 0) is 16.0 Å². The molecule has 1 aromatic heterocycles. The van der Waals surface area contributed by atoms with Crippen molar-refractivity contribution in [3.8, 4) is 0 Å². The van der Waals surface area contributed by atoms with Gasteiger partial charge in [0.05, 0.1) is 0 Å². The molecule has 2 rings (SSSR count). The van der Waals surface area contributed by atoms with Crippen LogP contribution in [-0.4, -0.2) is 53.3 Å². The summed E-state index contributed by atoms with van der Waals surface area (Å²) in [6.45, 7) is 6.24. The number of carbonyl (C=O) groups excluding carboxylic acids is 2. The summed E-state index contributed by atoms with van der Waals surface area (Å²) in [7, 11) is 1.81. The van der Waals surface area contributed by atoms with Crippen LogP contribution in [0.5, 0.6) is 0 Å². The zero-order chi connectivity index (χ0) is 17.6. The molecule has 1 aliphatic carbocycles. The number of pyridine rings is 1. The van der Waals surface area contributed by atoms with Gasteiger partial charge in [-0.05, 0) is 49.8 Å². The average molecular weight is 331 g/mol. The third-order valence-corrected chi connectivity index (χ3v) is 4.67. The molecule has 0 atom stereocenters. The molecular weight excluding hydrogens is 302 g/mol. The minimum atomic E-state index is -0.780. The van der Waals surface area contributed by atoms with Gasteiger partial charge in [-0.2, -0.15) is 0 Å². The Hall–Kier alpha value is -1.91. The van der Waals surface area contributed by atoms with Gasteiger partial charge in [0, 0.05) is 39.1 Å². The van der Waals surface area contributed by atoms with E-state index in [1.165, 1.54) is 0 Å². The van der Waals surface area contributed by atoms with Crippen LogP contribution in [0.1, 0.15) is 45.1 Å². The molecule has 24 heavy (non-hydrogen) atoms. The Morgan fingerprint density at radius 1 is 1.04 bits per heavy atom. The van der Waals surface area contributed by atoms with E-state index in [9.17, 15) is 9.59 Å². The third-order valence-electron chi connectivity index (χ3n) is 4.67. The summed E-state index contributed by atoms with van der Waals surface area (Å²) in [5.41, 5.74) is 0.372. The largest absolute Gasteiger partial charge is 0.344 e. The highest BCUT2D eigenvalue weighted by Crippen LogP contribution is 2.48. The van der Waals surface area contributed by atoms with Crippen molar-refractivity contribution in [3.05, 3.63) is 30.1 Å². The number of aromatic nitrogens is 1. The molecule has 1 saturated carbocycles. The second kappa shape index (κ2) is 8.27. The van der Waals surface area contributed by atoms with E-state index in [1.54, 1.807) is 24.3 Å². The van der Waals surface area contributed by atoms with E-state index in [0.717, 1.165) is 37.9 Å². The Bertz CT molecular complexity index is 549. The van der Waals surface area contributed by atoms with Gasteiger partial charge in [0.15, 0.2) is 0 Å². The van der Waals surface area contributed by atoms with E-state index in [0.29, 0.717) is 19.4 Å². The lowest BCUT2D eigenvalue weighted by Crippen LogP contribution is -2.46. The van der Waals surface area contributed by atoms with Crippen molar-refractivity contribution >= 4 is 11.8 Å². The van der Waals surface area contributed by atoms with E-state index < -0.39 is 5.41 Å². The lowest BCUT2D eigenvalue weighted by molar-refractivity contribution is -0.148. The van der Waals surface area contributed by atoms with Crippen LogP contribution in [0.25, 0.3) is 0 Å². The first-order valence-corrected chi connectivity index (χ1v) is 8.99. The first kappa shape index (κ1) is 18.4. The molecule has 0 spiro atoms. The van der Waals surface area contributed by atoms with E-state index in [-0.39, 0.29) is 11.8 Å². The van der Waals surface area contributed by atoms with Crippen LogP contribution in [0, 0.1) is 5.41 Å². The van der Waals surface area contributed by atoms with Crippen molar-refractivity contribution < 1.29 is 9.59 Å². The minimum Gasteiger partial charge on any atom is -0.344 e. The Kier molecular flexibility index (Phi) is 6.35. The molecule has 1 fully saturated rings. The maximum Gasteiger partial charge on any atom is 0.238 e. The molecule has 5 heteroatoms. The summed E-state index contributed by atoms with van der Waals surface area (Å²) >= 11 is 0. The van der Waals surface area contributed by atoms with E-state index in [1.807, 2.05) is 17.0 Å². The first-order chi connectivity index (χ1) is 11.5. The molecule has 0 bridgehead atoms. The standard InChI is InChI=1S/C19H29N3O2/c1-4-13-22(14-5-2)18(24)19(9-10-19)17(23)21(3)15-8-16-6-11-20-12-7-16/h6-7,11-12H,4-5,8-10,13-15H2,1-3H3. The van der Waals surface area contributed by atoms with Crippen LogP contribution in [0.15, 0.2) is 24.5 Å². The molecule has 0 aromatic carbocycles. The number of nitrogens with zero attached hydrogens (tertiary/aromatic N) is 3. The van der Waals surface area contributed by atoms with Gasteiger partial charge in [-0.15, -0.1) is 0 Å². The Labute approximate surface area is 145 Å². The predicted molar refractivity (Wildman–Crippen MR) is 94.4 cm³/mol.